The largest absolute Gasteiger partial charge is 0.370 e. The Bertz CT molecular complexity index is 437. The van der Waals surface area contributed by atoms with Gasteiger partial charge in [0.25, 0.3) is 5.91 Å². The van der Waals surface area contributed by atoms with E-state index in [4.69, 9.17) is 10.5 Å². The van der Waals surface area contributed by atoms with Crippen molar-refractivity contribution in [3.8, 4) is 0 Å². The first-order valence-electron chi connectivity index (χ1n) is 5.97. The van der Waals surface area contributed by atoms with E-state index in [1.807, 2.05) is 6.92 Å². The summed E-state index contributed by atoms with van der Waals surface area (Å²) in [6.45, 7) is 3.09. The highest BCUT2D eigenvalue weighted by Crippen LogP contribution is 2.06. The highest BCUT2D eigenvalue weighted by Gasteiger charge is 2.06. The first-order chi connectivity index (χ1) is 9.13. The third kappa shape index (κ3) is 5.82. The highest BCUT2D eigenvalue weighted by molar-refractivity contribution is 5.94. The van der Waals surface area contributed by atoms with Crippen molar-refractivity contribution in [3.63, 3.8) is 0 Å². The van der Waals surface area contributed by atoms with Gasteiger partial charge in [-0.2, -0.15) is 0 Å². The molecule has 0 aliphatic carbocycles. The predicted molar refractivity (Wildman–Crippen MR) is 70.7 cm³/mol. The summed E-state index contributed by atoms with van der Waals surface area (Å²) in [7, 11) is 0. The van der Waals surface area contributed by atoms with Crippen LogP contribution in [-0.4, -0.2) is 43.1 Å². The lowest BCUT2D eigenvalue weighted by molar-refractivity contribution is -0.122. The second-order valence-corrected chi connectivity index (χ2v) is 3.73. The second kappa shape index (κ2) is 8.04. The molecule has 104 valence electrons. The molecule has 1 rings (SSSR count). The second-order valence-electron chi connectivity index (χ2n) is 3.73. The number of aromatic nitrogens is 1. The maximum Gasteiger partial charge on any atom is 0.251 e. The van der Waals surface area contributed by atoms with Crippen LogP contribution in [0.4, 0.5) is 5.82 Å². The first kappa shape index (κ1) is 14.9. The number of rotatable bonds is 8. The van der Waals surface area contributed by atoms with Crippen molar-refractivity contribution < 1.29 is 14.3 Å². The molecule has 0 fully saturated rings. The molecule has 1 aromatic rings. The lowest BCUT2D eigenvalue weighted by atomic mass is 10.2. The Morgan fingerprint density at radius 1 is 1.47 bits per heavy atom. The monoisotopic (exact) mass is 266 g/mol. The van der Waals surface area contributed by atoms with E-state index in [9.17, 15) is 9.59 Å². The minimum Gasteiger partial charge on any atom is -0.370 e. The molecule has 0 spiro atoms. The van der Waals surface area contributed by atoms with Gasteiger partial charge < -0.3 is 21.1 Å². The van der Waals surface area contributed by atoms with Crippen molar-refractivity contribution in [2.45, 2.75) is 6.92 Å². The fraction of sp³-hybridized carbons (Fsp3) is 0.417. The van der Waals surface area contributed by atoms with Gasteiger partial charge in [0.05, 0.1) is 6.61 Å². The fourth-order valence-electron chi connectivity index (χ4n) is 1.36. The van der Waals surface area contributed by atoms with Crippen molar-refractivity contribution in [2.75, 3.05) is 31.6 Å². The Hall–Kier alpha value is -2.15. The first-order valence-corrected chi connectivity index (χ1v) is 5.97. The molecule has 0 aliphatic heterocycles. The topological polar surface area (TPSA) is 106 Å². The van der Waals surface area contributed by atoms with Crippen molar-refractivity contribution in [1.82, 2.24) is 10.3 Å². The number of anilines is 1. The predicted octanol–water partition coefficient (Wildman–Crippen LogP) is -0.255. The van der Waals surface area contributed by atoms with E-state index in [1.54, 1.807) is 18.3 Å². The van der Waals surface area contributed by atoms with Crippen LogP contribution in [0.25, 0.3) is 0 Å². The quantitative estimate of drug-likeness (QED) is 0.562. The van der Waals surface area contributed by atoms with Crippen LogP contribution in [-0.2, 0) is 9.53 Å². The molecule has 0 aromatic carbocycles. The average molecular weight is 266 g/mol. The molecule has 0 unspecified atom stereocenters. The number of primary amides is 1. The fourth-order valence-corrected chi connectivity index (χ4v) is 1.36. The lowest BCUT2D eigenvalue weighted by Crippen LogP contribution is -2.28. The Kier molecular flexibility index (Phi) is 6.31. The number of nitrogens with two attached hydrogens (primary N) is 1. The lowest BCUT2D eigenvalue weighted by Gasteiger charge is -2.07. The minimum atomic E-state index is -0.532. The van der Waals surface area contributed by atoms with Gasteiger partial charge in [-0.15, -0.1) is 0 Å². The number of carbonyl (C=O) groups is 2. The van der Waals surface area contributed by atoms with Gasteiger partial charge in [0.15, 0.2) is 0 Å². The molecule has 7 heteroatoms. The van der Waals surface area contributed by atoms with Crippen LogP contribution in [0.2, 0.25) is 0 Å². The zero-order valence-corrected chi connectivity index (χ0v) is 10.8. The number of hydrogen-bond donors (Lipinski definition) is 3. The number of carbonyl (C=O) groups excluding carboxylic acids is 2. The standard InChI is InChI=1S/C12H18N4O3/c1-2-14-11-7-9(3-4-15-11)12(18)16-5-6-19-8-10(13)17/h3-4,7H,2,5-6,8H2,1H3,(H2,13,17)(H,14,15)(H,16,18). The summed E-state index contributed by atoms with van der Waals surface area (Å²) in [5.41, 5.74) is 5.42. The van der Waals surface area contributed by atoms with Gasteiger partial charge in [-0.3, -0.25) is 9.59 Å². The van der Waals surface area contributed by atoms with Crippen LogP contribution in [0.1, 0.15) is 17.3 Å². The number of pyridine rings is 1. The zero-order valence-electron chi connectivity index (χ0n) is 10.8. The summed E-state index contributed by atoms with van der Waals surface area (Å²) < 4.78 is 4.93. The molecule has 0 saturated heterocycles. The average Bonchev–Trinajstić information content (AvgIpc) is 2.38. The summed E-state index contributed by atoms with van der Waals surface area (Å²) in [5.74, 6) is -0.0971. The minimum absolute atomic E-state index is 0.143. The number of hydrogen-bond acceptors (Lipinski definition) is 5. The van der Waals surface area contributed by atoms with Crippen LogP contribution in [0.5, 0.6) is 0 Å². The van der Waals surface area contributed by atoms with Gasteiger partial charge in [0.2, 0.25) is 5.91 Å². The van der Waals surface area contributed by atoms with Crippen LogP contribution in [0.3, 0.4) is 0 Å². The van der Waals surface area contributed by atoms with Crippen molar-refractivity contribution in [2.24, 2.45) is 5.73 Å². The van der Waals surface area contributed by atoms with Crippen LogP contribution in [0.15, 0.2) is 18.3 Å². The third-order valence-electron chi connectivity index (χ3n) is 2.16. The van der Waals surface area contributed by atoms with Gasteiger partial charge in [-0.1, -0.05) is 0 Å². The molecule has 0 radical (unpaired) electrons. The van der Waals surface area contributed by atoms with E-state index in [1.165, 1.54) is 0 Å². The molecule has 1 heterocycles. The van der Waals surface area contributed by atoms with Crippen LogP contribution < -0.4 is 16.4 Å². The van der Waals surface area contributed by atoms with Gasteiger partial charge in [-0.25, -0.2) is 4.98 Å². The van der Waals surface area contributed by atoms with Crippen LogP contribution >= 0.6 is 0 Å². The maximum atomic E-state index is 11.8. The summed E-state index contributed by atoms with van der Waals surface area (Å²) in [4.78, 5) is 26.3. The molecule has 1 aromatic heterocycles. The van der Waals surface area contributed by atoms with E-state index in [0.717, 1.165) is 6.54 Å². The Labute approximate surface area is 111 Å². The number of ether oxygens (including phenoxy) is 1. The summed E-state index contributed by atoms with van der Waals surface area (Å²) in [6.07, 6.45) is 1.57. The molecule has 2 amide bonds. The molecule has 19 heavy (non-hydrogen) atoms. The SMILES string of the molecule is CCNc1cc(C(=O)NCCOCC(N)=O)ccn1. The van der Waals surface area contributed by atoms with E-state index in [2.05, 4.69) is 15.6 Å². The van der Waals surface area contributed by atoms with E-state index < -0.39 is 5.91 Å². The molecule has 7 nitrogen and oxygen atoms in total. The van der Waals surface area contributed by atoms with E-state index in [-0.39, 0.29) is 19.1 Å². The Balaban J connectivity index is 2.36. The normalized spacial score (nSPS) is 9.95. The molecule has 0 bridgehead atoms. The molecule has 0 atom stereocenters. The summed E-state index contributed by atoms with van der Waals surface area (Å²) in [6, 6.07) is 3.30. The smallest absolute Gasteiger partial charge is 0.251 e. The molecular formula is C12H18N4O3. The van der Waals surface area contributed by atoms with E-state index in [0.29, 0.717) is 17.9 Å². The van der Waals surface area contributed by atoms with Gasteiger partial charge in [0, 0.05) is 24.8 Å². The highest BCUT2D eigenvalue weighted by atomic mass is 16.5. The molecular weight excluding hydrogens is 248 g/mol. The van der Waals surface area contributed by atoms with Gasteiger partial charge >= 0.3 is 0 Å². The van der Waals surface area contributed by atoms with Crippen molar-refractivity contribution in [3.05, 3.63) is 23.9 Å². The molecule has 4 N–H and O–H groups in total. The van der Waals surface area contributed by atoms with E-state index >= 15 is 0 Å². The molecule has 0 saturated carbocycles. The van der Waals surface area contributed by atoms with Crippen molar-refractivity contribution >= 4 is 17.6 Å². The Morgan fingerprint density at radius 2 is 2.26 bits per heavy atom. The Morgan fingerprint density at radius 3 is 2.95 bits per heavy atom. The number of nitrogens with one attached hydrogen (secondary N) is 2. The summed E-state index contributed by atoms with van der Waals surface area (Å²) in [5, 5.41) is 5.69. The van der Waals surface area contributed by atoms with Crippen molar-refractivity contribution in [1.29, 1.82) is 0 Å². The third-order valence-corrected chi connectivity index (χ3v) is 2.16. The maximum absolute atomic E-state index is 11.8. The van der Waals surface area contributed by atoms with Gasteiger partial charge in [-0.05, 0) is 19.1 Å². The molecule has 0 aliphatic rings. The zero-order chi connectivity index (χ0) is 14.1. The van der Waals surface area contributed by atoms with Crippen LogP contribution in [0, 0.1) is 0 Å². The number of nitrogens with zero attached hydrogens (tertiary/aromatic N) is 1. The summed E-state index contributed by atoms with van der Waals surface area (Å²) >= 11 is 0. The number of amides is 2. The van der Waals surface area contributed by atoms with Gasteiger partial charge in [0.1, 0.15) is 12.4 Å².